The molecule has 148 valence electrons. The van der Waals surface area contributed by atoms with Crippen molar-refractivity contribution < 1.29 is 22.7 Å². The summed E-state index contributed by atoms with van der Waals surface area (Å²) in [5.41, 5.74) is -2.01. The topological polar surface area (TPSA) is 67.3 Å². The summed E-state index contributed by atoms with van der Waals surface area (Å²) in [6.07, 6.45) is -4.05. The van der Waals surface area contributed by atoms with Crippen LogP contribution in [0, 0.1) is 0 Å². The molecule has 1 aliphatic rings. The highest BCUT2D eigenvalue weighted by molar-refractivity contribution is 5.79. The number of hydrogen-bond acceptors (Lipinski definition) is 3. The van der Waals surface area contributed by atoms with Crippen molar-refractivity contribution in [3.63, 3.8) is 0 Å². The molecular formula is C18H22F3N3O3. The zero-order chi connectivity index (χ0) is 20.0. The molecule has 1 aromatic heterocycles. The van der Waals surface area contributed by atoms with Gasteiger partial charge in [0.25, 0.3) is 0 Å². The minimum Gasteiger partial charge on any atom is -0.444 e. The highest BCUT2D eigenvalue weighted by atomic mass is 19.4. The quantitative estimate of drug-likeness (QED) is 0.809. The number of aromatic amines is 1. The Morgan fingerprint density at radius 2 is 1.81 bits per heavy atom. The third-order valence-corrected chi connectivity index (χ3v) is 4.54. The number of aromatic nitrogens is 2. The van der Waals surface area contributed by atoms with Gasteiger partial charge in [-0.3, -0.25) is 4.57 Å². The molecule has 1 saturated heterocycles. The molecule has 27 heavy (non-hydrogen) atoms. The molecule has 1 N–H and O–H groups in total. The molecule has 2 aromatic rings. The summed E-state index contributed by atoms with van der Waals surface area (Å²) < 4.78 is 46.3. The van der Waals surface area contributed by atoms with Gasteiger partial charge in [0.15, 0.2) is 0 Å². The van der Waals surface area contributed by atoms with Gasteiger partial charge in [-0.25, -0.2) is 9.59 Å². The number of benzene rings is 1. The largest absolute Gasteiger partial charge is 0.444 e. The first-order valence-electron chi connectivity index (χ1n) is 8.76. The normalized spacial score (nSPS) is 16.7. The van der Waals surface area contributed by atoms with Crippen molar-refractivity contribution >= 4 is 17.1 Å². The maximum Gasteiger partial charge on any atom is 0.418 e. The van der Waals surface area contributed by atoms with E-state index in [2.05, 4.69) is 4.98 Å². The molecule has 1 amide bonds. The number of hydrogen-bond donors (Lipinski definition) is 1. The second-order valence-electron chi connectivity index (χ2n) is 7.70. The van der Waals surface area contributed by atoms with E-state index in [0.29, 0.717) is 25.9 Å². The highest BCUT2D eigenvalue weighted by Crippen LogP contribution is 2.35. The molecule has 2 heterocycles. The Hall–Kier alpha value is -2.45. The van der Waals surface area contributed by atoms with Gasteiger partial charge in [0.05, 0.1) is 16.6 Å². The number of H-pyrrole nitrogens is 1. The molecule has 3 rings (SSSR count). The number of nitrogens with zero attached hydrogens (tertiary/aromatic N) is 2. The van der Waals surface area contributed by atoms with Crippen LogP contribution in [-0.2, 0) is 10.9 Å². The van der Waals surface area contributed by atoms with E-state index in [1.54, 1.807) is 25.7 Å². The van der Waals surface area contributed by atoms with Crippen molar-refractivity contribution in [2.45, 2.75) is 51.4 Å². The standard InChI is InChI=1S/C18H22F3N3O3/c1-17(2,3)27-16(26)23-9-7-11(8-10-23)24-13-6-4-5-12(18(19,20)21)14(13)22-15(24)25/h4-6,11H,7-10H2,1-3H3,(H,22,25). The first-order valence-corrected chi connectivity index (χ1v) is 8.76. The summed E-state index contributed by atoms with van der Waals surface area (Å²) in [5, 5.41) is 0. The number of alkyl halides is 3. The molecular weight excluding hydrogens is 363 g/mol. The molecule has 1 aromatic carbocycles. The number of para-hydroxylation sites is 1. The Kier molecular flexibility index (Phi) is 4.73. The van der Waals surface area contributed by atoms with Gasteiger partial charge in [0.2, 0.25) is 0 Å². The van der Waals surface area contributed by atoms with Gasteiger partial charge in [-0.15, -0.1) is 0 Å². The van der Waals surface area contributed by atoms with Gasteiger partial charge in [-0.05, 0) is 45.7 Å². The SMILES string of the molecule is CC(C)(C)OC(=O)N1CCC(n2c(=O)[nH]c3c(C(F)(F)F)cccc32)CC1. The molecule has 0 bridgehead atoms. The molecule has 0 radical (unpaired) electrons. The van der Waals surface area contributed by atoms with Crippen LogP contribution in [0.5, 0.6) is 0 Å². The molecule has 0 saturated carbocycles. The van der Waals surface area contributed by atoms with Gasteiger partial charge >= 0.3 is 18.0 Å². The lowest BCUT2D eigenvalue weighted by Gasteiger charge is -2.33. The number of likely N-dealkylation sites (tertiary alicyclic amines) is 1. The number of carbonyl (C=O) groups excluding carboxylic acids is 1. The van der Waals surface area contributed by atoms with Crippen LogP contribution >= 0.6 is 0 Å². The van der Waals surface area contributed by atoms with Crippen LogP contribution < -0.4 is 5.69 Å². The van der Waals surface area contributed by atoms with Crippen molar-refractivity contribution in [1.82, 2.24) is 14.5 Å². The van der Waals surface area contributed by atoms with E-state index < -0.39 is 29.1 Å². The van der Waals surface area contributed by atoms with E-state index in [9.17, 15) is 22.8 Å². The number of rotatable bonds is 1. The molecule has 0 aliphatic carbocycles. The fourth-order valence-corrected chi connectivity index (χ4v) is 3.38. The summed E-state index contributed by atoms with van der Waals surface area (Å²) in [7, 11) is 0. The number of amides is 1. The zero-order valence-corrected chi connectivity index (χ0v) is 15.4. The number of fused-ring (bicyclic) bond motifs is 1. The maximum atomic E-state index is 13.2. The average molecular weight is 385 g/mol. The lowest BCUT2D eigenvalue weighted by molar-refractivity contribution is -0.136. The minimum atomic E-state index is -4.55. The average Bonchev–Trinajstić information content (AvgIpc) is 2.88. The maximum absolute atomic E-state index is 13.2. The molecule has 0 atom stereocenters. The van der Waals surface area contributed by atoms with Crippen LogP contribution in [0.4, 0.5) is 18.0 Å². The van der Waals surface area contributed by atoms with Gasteiger partial charge in [-0.2, -0.15) is 13.2 Å². The van der Waals surface area contributed by atoms with Crippen molar-refractivity contribution in [3.05, 3.63) is 34.2 Å². The van der Waals surface area contributed by atoms with Crippen LogP contribution in [0.25, 0.3) is 11.0 Å². The Morgan fingerprint density at radius 1 is 1.19 bits per heavy atom. The summed E-state index contributed by atoms with van der Waals surface area (Å²) in [6.45, 7) is 6.08. The van der Waals surface area contributed by atoms with Crippen molar-refractivity contribution in [1.29, 1.82) is 0 Å². The van der Waals surface area contributed by atoms with Gasteiger partial charge in [-0.1, -0.05) is 6.07 Å². The van der Waals surface area contributed by atoms with Crippen LogP contribution in [0.2, 0.25) is 0 Å². The fourth-order valence-electron chi connectivity index (χ4n) is 3.38. The summed E-state index contributed by atoms with van der Waals surface area (Å²) >= 11 is 0. The molecule has 0 unspecified atom stereocenters. The van der Waals surface area contributed by atoms with Crippen molar-refractivity contribution in [2.24, 2.45) is 0 Å². The third-order valence-electron chi connectivity index (χ3n) is 4.54. The molecule has 0 spiro atoms. The first kappa shape index (κ1) is 19.3. The summed E-state index contributed by atoms with van der Waals surface area (Å²) in [5.74, 6) is 0. The van der Waals surface area contributed by atoms with E-state index in [4.69, 9.17) is 4.74 Å². The third kappa shape index (κ3) is 3.96. The Bertz CT molecular complexity index is 900. The number of ether oxygens (including phenoxy) is 1. The monoisotopic (exact) mass is 385 g/mol. The van der Waals surface area contributed by atoms with E-state index in [-0.39, 0.29) is 17.1 Å². The molecule has 1 aliphatic heterocycles. The van der Waals surface area contributed by atoms with Crippen LogP contribution in [0.15, 0.2) is 23.0 Å². The second kappa shape index (κ2) is 6.61. The van der Waals surface area contributed by atoms with E-state index in [1.165, 1.54) is 16.7 Å². The van der Waals surface area contributed by atoms with E-state index in [1.807, 2.05) is 0 Å². The van der Waals surface area contributed by atoms with Crippen LogP contribution in [-0.4, -0.2) is 39.2 Å². The predicted molar refractivity (Wildman–Crippen MR) is 93.6 cm³/mol. The first-order chi connectivity index (χ1) is 12.5. The lowest BCUT2D eigenvalue weighted by atomic mass is 10.0. The Labute approximate surface area is 153 Å². The zero-order valence-electron chi connectivity index (χ0n) is 15.4. The van der Waals surface area contributed by atoms with Gasteiger partial charge < -0.3 is 14.6 Å². The van der Waals surface area contributed by atoms with Gasteiger partial charge in [0.1, 0.15) is 5.60 Å². The Balaban J connectivity index is 1.83. The number of imidazole rings is 1. The van der Waals surface area contributed by atoms with Crippen LogP contribution in [0.3, 0.4) is 0 Å². The fraction of sp³-hybridized carbons (Fsp3) is 0.556. The summed E-state index contributed by atoms with van der Waals surface area (Å²) in [4.78, 5) is 28.4. The minimum absolute atomic E-state index is 0.204. The summed E-state index contributed by atoms with van der Waals surface area (Å²) in [6, 6.07) is 3.47. The second-order valence-corrected chi connectivity index (χ2v) is 7.70. The molecule has 9 heteroatoms. The van der Waals surface area contributed by atoms with Crippen LogP contribution in [0.1, 0.15) is 45.2 Å². The smallest absolute Gasteiger partial charge is 0.418 e. The molecule has 1 fully saturated rings. The number of halogens is 3. The van der Waals surface area contributed by atoms with E-state index in [0.717, 1.165) is 6.07 Å². The Morgan fingerprint density at radius 3 is 2.37 bits per heavy atom. The number of nitrogens with one attached hydrogen (secondary N) is 1. The number of carbonyl (C=O) groups is 1. The van der Waals surface area contributed by atoms with E-state index >= 15 is 0 Å². The highest BCUT2D eigenvalue weighted by Gasteiger charge is 2.35. The lowest BCUT2D eigenvalue weighted by Crippen LogP contribution is -2.43. The van der Waals surface area contributed by atoms with Crippen molar-refractivity contribution in [2.75, 3.05) is 13.1 Å². The number of piperidine rings is 1. The van der Waals surface area contributed by atoms with Gasteiger partial charge in [0, 0.05) is 19.1 Å². The molecule has 6 nitrogen and oxygen atoms in total. The van der Waals surface area contributed by atoms with Crippen molar-refractivity contribution in [3.8, 4) is 0 Å². The predicted octanol–water partition coefficient (Wildman–Crippen LogP) is 3.92.